The molecule has 0 saturated carbocycles. The van der Waals surface area contributed by atoms with Gasteiger partial charge in [0, 0.05) is 10.9 Å². The predicted octanol–water partition coefficient (Wildman–Crippen LogP) is 1.60. The van der Waals surface area contributed by atoms with Gasteiger partial charge in [0.2, 0.25) is 5.91 Å². The van der Waals surface area contributed by atoms with E-state index < -0.39 is 11.7 Å². The van der Waals surface area contributed by atoms with Crippen molar-refractivity contribution in [1.82, 2.24) is 0 Å². The Morgan fingerprint density at radius 3 is 2.93 bits per heavy atom. The summed E-state index contributed by atoms with van der Waals surface area (Å²) < 4.78 is 18.4. The predicted molar refractivity (Wildman–Crippen MR) is 49.1 cm³/mol. The van der Waals surface area contributed by atoms with Crippen LogP contribution in [0.15, 0.2) is 28.9 Å². The third-order valence-corrected chi connectivity index (χ3v) is 2.02. The first-order valence-electron chi connectivity index (χ1n) is 4.11. The maximum Gasteiger partial charge on any atom is 0.222 e. The van der Waals surface area contributed by atoms with Gasteiger partial charge in [-0.15, -0.1) is 0 Å². The minimum absolute atomic E-state index is 0.142. The standard InChI is InChI=1S/C10H8FNO2/c11-8-2-1-6-3-4-14-10(6)7(8)5-9(12)13/h1-4H,5H2,(H2,12,13). The van der Waals surface area contributed by atoms with E-state index in [9.17, 15) is 9.18 Å². The summed E-state index contributed by atoms with van der Waals surface area (Å²) in [5.41, 5.74) is 5.62. The summed E-state index contributed by atoms with van der Waals surface area (Å²) in [5, 5.41) is 0.766. The zero-order valence-electron chi connectivity index (χ0n) is 7.29. The Labute approximate surface area is 79.3 Å². The second-order valence-corrected chi connectivity index (χ2v) is 3.01. The molecule has 0 atom stereocenters. The van der Waals surface area contributed by atoms with Crippen LogP contribution in [-0.2, 0) is 11.2 Å². The SMILES string of the molecule is NC(=O)Cc1c(F)ccc2ccoc12. The van der Waals surface area contributed by atoms with Gasteiger partial charge in [0.1, 0.15) is 11.4 Å². The molecule has 4 heteroatoms. The van der Waals surface area contributed by atoms with Crippen LogP contribution < -0.4 is 5.73 Å². The highest BCUT2D eigenvalue weighted by Gasteiger charge is 2.12. The molecule has 72 valence electrons. The van der Waals surface area contributed by atoms with Crippen molar-refractivity contribution in [3.05, 3.63) is 35.8 Å². The minimum atomic E-state index is -0.576. The van der Waals surface area contributed by atoms with E-state index in [1.807, 2.05) is 0 Å². The van der Waals surface area contributed by atoms with Crippen molar-refractivity contribution in [1.29, 1.82) is 0 Å². The Hall–Kier alpha value is -1.84. The lowest BCUT2D eigenvalue weighted by molar-refractivity contribution is -0.117. The fraction of sp³-hybridized carbons (Fsp3) is 0.100. The van der Waals surface area contributed by atoms with E-state index >= 15 is 0 Å². The molecule has 0 bridgehead atoms. The Morgan fingerprint density at radius 1 is 1.43 bits per heavy atom. The summed E-state index contributed by atoms with van der Waals surface area (Å²) in [6.07, 6.45) is 1.31. The number of hydrogen-bond acceptors (Lipinski definition) is 2. The Morgan fingerprint density at radius 2 is 2.21 bits per heavy atom. The fourth-order valence-corrected chi connectivity index (χ4v) is 1.41. The molecule has 0 fully saturated rings. The van der Waals surface area contributed by atoms with E-state index in [0.717, 1.165) is 5.39 Å². The van der Waals surface area contributed by atoms with Crippen LogP contribution in [0.1, 0.15) is 5.56 Å². The van der Waals surface area contributed by atoms with E-state index in [1.54, 1.807) is 12.1 Å². The van der Waals surface area contributed by atoms with E-state index in [4.69, 9.17) is 10.2 Å². The largest absolute Gasteiger partial charge is 0.464 e. The van der Waals surface area contributed by atoms with Crippen LogP contribution in [0.4, 0.5) is 4.39 Å². The van der Waals surface area contributed by atoms with Crippen molar-refractivity contribution >= 4 is 16.9 Å². The number of rotatable bonds is 2. The molecule has 0 saturated heterocycles. The molecule has 0 spiro atoms. The molecule has 1 aromatic carbocycles. The van der Waals surface area contributed by atoms with Gasteiger partial charge in [-0.1, -0.05) is 0 Å². The number of furan rings is 1. The first-order valence-corrected chi connectivity index (χ1v) is 4.11. The smallest absolute Gasteiger partial charge is 0.222 e. The van der Waals surface area contributed by atoms with Crippen LogP contribution in [0.3, 0.4) is 0 Å². The lowest BCUT2D eigenvalue weighted by Gasteiger charge is -2.00. The highest BCUT2D eigenvalue weighted by atomic mass is 19.1. The lowest BCUT2D eigenvalue weighted by Crippen LogP contribution is -2.14. The molecule has 14 heavy (non-hydrogen) atoms. The van der Waals surface area contributed by atoms with Gasteiger partial charge in [0.05, 0.1) is 12.7 Å². The molecule has 0 unspecified atom stereocenters. The van der Waals surface area contributed by atoms with Gasteiger partial charge in [-0.25, -0.2) is 4.39 Å². The fourth-order valence-electron chi connectivity index (χ4n) is 1.41. The number of hydrogen-bond donors (Lipinski definition) is 1. The van der Waals surface area contributed by atoms with Gasteiger partial charge in [0.25, 0.3) is 0 Å². The van der Waals surface area contributed by atoms with Crippen LogP contribution in [0, 0.1) is 5.82 Å². The van der Waals surface area contributed by atoms with Crippen molar-refractivity contribution in [2.45, 2.75) is 6.42 Å². The number of nitrogens with two attached hydrogens (primary N) is 1. The number of carbonyl (C=O) groups excluding carboxylic acids is 1. The molecule has 0 aliphatic carbocycles. The Kier molecular flexibility index (Phi) is 1.96. The summed E-state index contributed by atoms with van der Waals surface area (Å²) in [6, 6.07) is 4.61. The van der Waals surface area contributed by atoms with Crippen molar-refractivity contribution in [3.8, 4) is 0 Å². The van der Waals surface area contributed by atoms with Crippen molar-refractivity contribution in [3.63, 3.8) is 0 Å². The van der Waals surface area contributed by atoms with E-state index in [1.165, 1.54) is 12.3 Å². The molecule has 2 aromatic rings. The summed E-state index contributed by atoms with van der Waals surface area (Å²) in [4.78, 5) is 10.7. The van der Waals surface area contributed by atoms with Crippen LogP contribution in [0.5, 0.6) is 0 Å². The maximum absolute atomic E-state index is 13.3. The third-order valence-electron chi connectivity index (χ3n) is 2.02. The summed E-state index contributed by atoms with van der Waals surface area (Å²) in [6.45, 7) is 0. The zero-order chi connectivity index (χ0) is 10.1. The first kappa shape index (κ1) is 8.74. The van der Waals surface area contributed by atoms with Gasteiger partial charge in [-0.2, -0.15) is 0 Å². The highest BCUT2D eigenvalue weighted by Crippen LogP contribution is 2.22. The topological polar surface area (TPSA) is 56.2 Å². The van der Waals surface area contributed by atoms with Crippen molar-refractivity contribution in [2.24, 2.45) is 5.73 Å². The monoisotopic (exact) mass is 193 g/mol. The first-order chi connectivity index (χ1) is 6.68. The molecule has 0 radical (unpaired) electrons. The van der Waals surface area contributed by atoms with Gasteiger partial charge < -0.3 is 10.2 Å². The molecule has 0 aliphatic rings. The Bertz CT molecular complexity index is 490. The van der Waals surface area contributed by atoms with Crippen LogP contribution in [0.25, 0.3) is 11.0 Å². The van der Waals surface area contributed by atoms with Gasteiger partial charge in [0.15, 0.2) is 0 Å². The average Bonchev–Trinajstić information content (AvgIpc) is 2.57. The second kappa shape index (κ2) is 3.14. The summed E-state index contributed by atoms with van der Waals surface area (Å²) >= 11 is 0. The molecule has 3 nitrogen and oxygen atoms in total. The van der Waals surface area contributed by atoms with Crippen LogP contribution in [0.2, 0.25) is 0 Å². The average molecular weight is 193 g/mol. The second-order valence-electron chi connectivity index (χ2n) is 3.01. The number of fused-ring (bicyclic) bond motifs is 1. The quantitative estimate of drug-likeness (QED) is 0.787. The highest BCUT2D eigenvalue weighted by molar-refractivity contribution is 5.86. The third kappa shape index (κ3) is 1.35. The molecular weight excluding hydrogens is 185 g/mol. The summed E-state index contributed by atoms with van der Waals surface area (Å²) in [7, 11) is 0. The lowest BCUT2D eigenvalue weighted by atomic mass is 10.1. The van der Waals surface area contributed by atoms with Gasteiger partial charge in [-0.05, 0) is 18.2 Å². The van der Waals surface area contributed by atoms with Crippen molar-refractivity contribution in [2.75, 3.05) is 0 Å². The maximum atomic E-state index is 13.3. The number of carbonyl (C=O) groups is 1. The number of primary amides is 1. The number of halogens is 1. The summed E-state index contributed by atoms with van der Waals surface area (Å²) in [5.74, 6) is -1.04. The number of amides is 1. The number of benzene rings is 1. The van der Waals surface area contributed by atoms with Crippen LogP contribution in [-0.4, -0.2) is 5.91 Å². The molecule has 2 N–H and O–H groups in total. The van der Waals surface area contributed by atoms with E-state index in [0.29, 0.717) is 5.58 Å². The molecule has 1 aromatic heterocycles. The minimum Gasteiger partial charge on any atom is -0.464 e. The Balaban J connectivity index is 2.64. The molecular formula is C10H8FNO2. The molecule has 1 heterocycles. The van der Waals surface area contributed by atoms with Crippen LogP contribution >= 0.6 is 0 Å². The zero-order valence-corrected chi connectivity index (χ0v) is 7.29. The normalized spacial score (nSPS) is 10.6. The van der Waals surface area contributed by atoms with E-state index in [-0.39, 0.29) is 12.0 Å². The van der Waals surface area contributed by atoms with E-state index in [2.05, 4.69) is 0 Å². The van der Waals surface area contributed by atoms with Gasteiger partial charge in [-0.3, -0.25) is 4.79 Å². The molecule has 0 aliphatic heterocycles. The van der Waals surface area contributed by atoms with Crippen molar-refractivity contribution < 1.29 is 13.6 Å². The molecule has 2 rings (SSSR count). The van der Waals surface area contributed by atoms with Gasteiger partial charge >= 0.3 is 0 Å². The molecule has 1 amide bonds.